The number of halogens is 1. The molecule has 1 heterocycles. The Morgan fingerprint density at radius 1 is 1.14 bits per heavy atom. The molecular weight excluding hydrogens is 409 g/mol. The molecule has 3 rings (SSSR count). The molecule has 3 aromatic rings. The van der Waals surface area contributed by atoms with Crippen molar-refractivity contribution in [3.05, 3.63) is 58.3 Å². The minimum atomic E-state index is -0.258. The summed E-state index contributed by atoms with van der Waals surface area (Å²) in [6.07, 6.45) is 0.513. The van der Waals surface area contributed by atoms with Crippen molar-refractivity contribution in [2.75, 3.05) is 0 Å². The number of nitrogens with two attached hydrogens (primary N) is 1. The van der Waals surface area contributed by atoms with E-state index in [0.29, 0.717) is 6.61 Å². The average Bonchev–Trinajstić information content (AvgIpc) is 2.53. The van der Waals surface area contributed by atoms with Gasteiger partial charge in [0.1, 0.15) is 6.23 Å². The van der Waals surface area contributed by atoms with E-state index in [1.54, 1.807) is 11.3 Å². The standard InChI is InChI=1S/C17H17NO2S.HI/c1-2-16(18)20-10-11-7-8-15-13(9-11)17(19)12-5-3-4-6-14(12)21-15;/h3-9,16H,2,10,18H2,1H3;1H. The number of fused-ring (bicyclic) bond motifs is 2. The van der Waals surface area contributed by atoms with Crippen LogP contribution in [0.4, 0.5) is 0 Å². The summed E-state index contributed by atoms with van der Waals surface area (Å²) in [4.78, 5) is 12.6. The fraction of sp³-hybridized carbons (Fsp3) is 0.235. The van der Waals surface area contributed by atoms with Gasteiger partial charge in [-0.05, 0) is 36.2 Å². The van der Waals surface area contributed by atoms with Crippen LogP contribution in [-0.4, -0.2) is 6.23 Å². The summed E-state index contributed by atoms with van der Waals surface area (Å²) in [5.74, 6) is 0. The monoisotopic (exact) mass is 427 g/mol. The van der Waals surface area contributed by atoms with Crippen LogP contribution in [0.3, 0.4) is 0 Å². The molecule has 0 saturated heterocycles. The highest BCUT2D eigenvalue weighted by molar-refractivity contribution is 14.0. The molecule has 0 aliphatic carbocycles. The van der Waals surface area contributed by atoms with Crippen LogP contribution in [0.25, 0.3) is 20.2 Å². The van der Waals surface area contributed by atoms with Gasteiger partial charge < -0.3 is 10.5 Å². The van der Waals surface area contributed by atoms with Crippen LogP contribution in [0.5, 0.6) is 0 Å². The van der Waals surface area contributed by atoms with Crippen molar-refractivity contribution in [2.45, 2.75) is 26.2 Å². The molecular formula is C17H18INO2S. The first kappa shape index (κ1) is 17.3. The Balaban J connectivity index is 0.00000176. The number of hydrogen-bond donors (Lipinski definition) is 1. The highest BCUT2D eigenvalue weighted by atomic mass is 127. The minimum absolute atomic E-state index is 0. The Labute approximate surface area is 150 Å². The van der Waals surface area contributed by atoms with Crippen molar-refractivity contribution in [1.82, 2.24) is 0 Å². The van der Waals surface area contributed by atoms with Gasteiger partial charge in [0, 0.05) is 20.2 Å². The van der Waals surface area contributed by atoms with Gasteiger partial charge in [-0.25, -0.2) is 0 Å². The zero-order valence-corrected chi connectivity index (χ0v) is 15.4. The van der Waals surface area contributed by atoms with Gasteiger partial charge in [-0.1, -0.05) is 25.1 Å². The maximum Gasteiger partial charge on any atom is 0.195 e. The second-order valence-corrected chi connectivity index (χ2v) is 6.10. The van der Waals surface area contributed by atoms with Crippen LogP contribution in [0.15, 0.2) is 47.3 Å². The number of rotatable bonds is 4. The molecule has 0 radical (unpaired) electrons. The lowest BCUT2D eigenvalue weighted by atomic mass is 10.1. The number of ether oxygens (including phenoxy) is 1. The normalized spacial score (nSPS) is 12.3. The lowest BCUT2D eigenvalue weighted by Crippen LogP contribution is -2.22. The van der Waals surface area contributed by atoms with Gasteiger partial charge in [0.15, 0.2) is 5.43 Å². The van der Waals surface area contributed by atoms with Crippen molar-refractivity contribution in [1.29, 1.82) is 0 Å². The quantitative estimate of drug-likeness (QED) is 0.385. The summed E-state index contributed by atoms with van der Waals surface area (Å²) in [6, 6.07) is 13.6. The zero-order valence-electron chi connectivity index (χ0n) is 12.2. The summed E-state index contributed by atoms with van der Waals surface area (Å²) >= 11 is 1.64. The fourth-order valence-electron chi connectivity index (χ4n) is 2.26. The Hall–Kier alpha value is -1.02. The minimum Gasteiger partial charge on any atom is -0.359 e. The van der Waals surface area contributed by atoms with Crippen LogP contribution >= 0.6 is 35.3 Å². The van der Waals surface area contributed by atoms with E-state index in [0.717, 1.165) is 32.2 Å². The molecule has 0 aliphatic rings. The molecule has 1 unspecified atom stereocenters. The van der Waals surface area contributed by atoms with Crippen molar-refractivity contribution < 1.29 is 4.74 Å². The first-order valence-corrected chi connectivity index (χ1v) is 7.82. The Bertz CT molecular complexity index is 847. The third kappa shape index (κ3) is 3.48. The van der Waals surface area contributed by atoms with Crippen molar-refractivity contribution in [3.63, 3.8) is 0 Å². The SMILES string of the molecule is CCC(N)OCc1ccc2sc3ccccc3c(=O)c2c1.I. The molecule has 0 amide bonds. The van der Waals surface area contributed by atoms with E-state index >= 15 is 0 Å². The topological polar surface area (TPSA) is 52.3 Å². The number of benzene rings is 2. The summed E-state index contributed by atoms with van der Waals surface area (Å²) < 4.78 is 7.56. The van der Waals surface area contributed by atoms with Gasteiger partial charge in [-0.15, -0.1) is 35.3 Å². The Morgan fingerprint density at radius 3 is 2.64 bits per heavy atom. The molecule has 0 bridgehead atoms. The molecule has 0 aliphatic heterocycles. The van der Waals surface area contributed by atoms with Crippen molar-refractivity contribution >= 4 is 55.5 Å². The van der Waals surface area contributed by atoms with E-state index in [4.69, 9.17) is 10.5 Å². The second kappa shape index (κ2) is 7.50. The second-order valence-electron chi connectivity index (χ2n) is 5.02. The van der Waals surface area contributed by atoms with Gasteiger partial charge in [0.05, 0.1) is 6.61 Å². The third-order valence-electron chi connectivity index (χ3n) is 3.51. The van der Waals surface area contributed by atoms with E-state index in [9.17, 15) is 4.79 Å². The maximum absolute atomic E-state index is 12.6. The molecule has 0 fully saturated rings. The number of hydrogen-bond acceptors (Lipinski definition) is 4. The van der Waals surface area contributed by atoms with Gasteiger partial charge in [0.25, 0.3) is 0 Å². The zero-order chi connectivity index (χ0) is 14.8. The Morgan fingerprint density at radius 2 is 1.86 bits per heavy atom. The lowest BCUT2D eigenvalue weighted by molar-refractivity contribution is 0.0427. The van der Waals surface area contributed by atoms with Gasteiger partial charge in [-0.3, -0.25) is 4.79 Å². The van der Waals surface area contributed by atoms with E-state index in [-0.39, 0.29) is 35.6 Å². The molecule has 2 aromatic carbocycles. The highest BCUT2D eigenvalue weighted by Crippen LogP contribution is 2.25. The fourth-order valence-corrected chi connectivity index (χ4v) is 3.31. The summed E-state index contributed by atoms with van der Waals surface area (Å²) in [7, 11) is 0. The summed E-state index contributed by atoms with van der Waals surface area (Å²) in [5, 5.41) is 1.53. The van der Waals surface area contributed by atoms with E-state index in [1.807, 2.05) is 49.4 Å². The largest absolute Gasteiger partial charge is 0.359 e. The molecule has 5 heteroatoms. The van der Waals surface area contributed by atoms with Crippen LogP contribution in [0.1, 0.15) is 18.9 Å². The van der Waals surface area contributed by atoms with Gasteiger partial charge in [-0.2, -0.15) is 0 Å². The Kier molecular flexibility index (Phi) is 5.91. The first-order valence-electron chi connectivity index (χ1n) is 7.00. The summed E-state index contributed by atoms with van der Waals surface area (Å²) in [5.41, 5.74) is 6.82. The average molecular weight is 427 g/mol. The van der Waals surface area contributed by atoms with Gasteiger partial charge in [0.2, 0.25) is 0 Å². The van der Waals surface area contributed by atoms with E-state index < -0.39 is 0 Å². The van der Waals surface area contributed by atoms with Crippen LogP contribution in [0.2, 0.25) is 0 Å². The molecule has 116 valence electrons. The van der Waals surface area contributed by atoms with Crippen LogP contribution < -0.4 is 11.2 Å². The lowest BCUT2D eigenvalue weighted by Gasteiger charge is -2.11. The maximum atomic E-state index is 12.6. The molecule has 1 aromatic heterocycles. The molecule has 3 nitrogen and oxygen atoms in total. The molecule has 1 atom stereocenters. The predicted octanol–water partition coefficient (Wildman–Crippen LogP) is 4.24. The third-order valence-corrected chi connectivity index (χ3v) is 4.66. The first-order chi connectivity index (χ1) is 10.2. The van der Waals surface area contributed by atoms with E-state index in [1.165, 1.54) is 0 Å². The van der Waals surface area contributed by atoms with Crippen LogP contribution in [-0.2, 0) is 11.3 Å². The molecule has 22 heavy (non-hydrogen) atoms. The molecule has 0 spiro atoms. The van der Waals surface area contributed by atoms with Crippen LogP contribution in [0, 0.1) is 0 Å². The smallest absolute Gasteiger partial charge is 0.195 e. The predicted molar refractivity (Wildman–Crippen MR) is 104 cm³/mol. The highest BCUT2D eigenvalue weighted by Gasteiger charge is 2.07. The molecule has 2 N–H and O–H groups in total. The van der Waals surface area contributed by atoms with Crippen molar-refractivity contribution in [3.8, 4) is 0 Å². The van der Waals surface area contributed by atoms with E-state index in [2.05, 4.69) is 0 Å². The summed E-state index contributed by atoms with van der Waals surface area (Å²) in [6.45, 7) is 2.41. The van der Waals surface area contributed by atoms with Crippen molar-refractivity contribution in [2.24, 2.45) is 5.73 Å². The molecule has 0 saturated carbocycles. The van der Waals surface area contributed by atoms with Gasteiger partial charge >= 0.3 is 0 Å².